The van der Waals surface area contributed by atoms with Crippen molar-refractivity contribution < 1.29 is 0 Å². The number of hydrogen-bond donors (Lipinski definition) is 0. The maximum Gasteiger partial charge on any atom is 0.0567 e. The zero-order valence-corrected chi connectivity index (χ0v) is 26.3. The van der Waals surface area contributed by atoms with Gasteiger partial charge in [0.1, 0.15) is 0 Å². The van der Waals surface area contributed by atoms with Crippen LogP contribution in [-0.2, 0) is 0 Å². The fraction of sp³-hybridized carbons (Fsp3) is 0.0909. The van der Waals surface area contributed by atoms with Gasteiger partial charge in [0.2, 0.25) is 0 Å². The normalized spacial score (nSPS) is 13.9. The van der Waals surface area contributed by atoms with Gasteiger partial charge in [-0.15, -0.1) is 0 Å². The minimum Gasteiger partial charge on any atom is -0.344 e. The molecule has 0 aliphatic heterocycles. The van der Waals surface area contributed by atoms with Crippen LogP contribution in [0.15, 0.2) is 158 Å². The lowest BCUT2D eigenvalue weighted by Crippen LogP contribution is -2.13. The van der Waals surface area contributed by atoms with Crippen molar-refractivity contribution in [3.05, 3.63) is 169 Å². The van der Waals surface area contributed by atoms with Crippen LogP contribution in [0.5, 0.6) is 0 Å². The van der Waals surface area contributed by atoms with Crippen molar-refractivity contribution in [3.8, 4) is 11.1 Å². The van der Waals surface area contributed by atoms with E-state index in [0.29, 0.717) is 5.92 Å². The third-order valence-electron chi connectivity index (χ3n) is 9.43. The summed E-state index contributed by atoms with van der Waals surface area (Å²) < 4.78 is 0. The van der Waals surface area contributed by atoms with E-state index in [1.807, 2.05) is 0 Å². The Balaban J connectivity index is 1.24. The van der Waals surface area contributed by atoms with Gasteiger partial charge < -0.3 is 9.80 Å². The van der Waals surface area contributed by atoms with Crippen molar-refractivity contribution in [2.24, 2.45) is 0 Å². The quantitative estimate of drug-likeness (QED) is 0.177. The lowest BCUT2D eigenvalue weighted by molar-refractivity contribution is 0.771. The summed E-state index contributed by atoms with van der Waals surface area (Å²) in [6, 6.07) is 55.2. The molecule has 7 aromatic carbocycles. The molecule has 0 heterocycles. The molecule has 0 aromatic heterocycles. The molecular weight excluding hydrogens is 556 g/mol. The fourth-order valence-electron chi connectivity index (χ4n) is 7.01. The fourth-order valence-corrected chi connectivity index (χ4v) is 7.01. The maximum absolute atomic E-state index is 2.40. The van der Waals surface area contributed by atoms with Crippen molar-refractivity contribution in [1.29, 1.82) is 0 Å². The van der Waals surface area contributed by atoms with Gasteiger partial charge in [-0.1, -0.05) is 116 Å². The Morgan fingerprint density at radius 3 is 1.87 bits per heavy atom. The molecule has 2 heteroatoms. The Hall–Kier alpha value is -5.60. The summed E-state index contributed by atoms with van der Waals surface area (Å²) in [5.41, 5.74) is 11.0. The summed E-state index contributed by atoms with van der Waals surface area (Å²) in [6.07, 6.45) is 5.63. The molecule has 0 spiro atoms. The molecule has 0 saturated heterocycles. The highest BCUT2D eigenvalue weighted by molar-refractivity contribution is 6.12. The average Bonchev–Trinajstić information content (AvgIpc) is 3.11. The third-order valence-corrected chi connectivity index (χ3v) is 9.43. The molecule has 1 aliphatic rings. The highest BCUT2D eigenvalue weighted by atomic mass is 15.1. The molecule has 46 heavy (non-hydrogen) atoms. The van der Waals surface area contributed by atoms with Gasteiger partial charge in [0.25, 0.3) is 0 Å². The minimum absolute atomic E-state index is 0.490. The van der Waals surface area contributed by atoms with E-state index < -0.39 is 0 Å². The summed E-state index contributed by atoms with van der Waals surface area (Å²) in [5.74, 6) is 0.490. The molecular formula is C44H36N2. The van der Waals surface area contributed by atoms with Crippen LogP contribution >= 0.6 is 0 Å². The first-order chi connectivity index (χ1) is 22.6. The van der Waals surface area contributed by atoms with Gasteiger partial charge in [-0.2, -0.15) is 0 Å². The largest absolute Gasteiger partial charge is 0.344 e. The molecule has 2 nitrogen and oxygen atoms in total. The number of allylic oxidation sites excluding steroid dienone is 1. The van der Waals surface area contributed by atoms with Gasteiger partial charge in [0, 0.05) is 40.6 Å². The van der Waals surface area contributed by atoms with Crippen LogP contribution in [0.2, 0.25) is 0 Å². The van der Waals surface area contributed by atoms with Gasteiger partial charge >= 0.3 is 0 Å². The molecule has 7 aromatic rings. The van der Waals surface area contributed by atoms with Crippen LogP contribution in [-0.4, -0.2) is 7.05 Å². The average molecular weight is 593 g/mol. The van der Waals surface area contributed by atoms with Gasteiger partial charge in [0.05, 0.1) is 5.69 Å². The molecule has 0 radical (unpaired) electrons. The second-order valence-electron chi connectivity index (χ2n) is 12.3. The van der Waals surface area contributed by atoms with Crippen LogP contribution < -0.4 is 9.80 Å². The minimum atomic E-state index is 0.490. The SMILES string of the molecule is CC1CC=Cc2ccc(N(c3ccc(N(C)c4c5ccccc5cc5ccccc45)cc3)c3cccc(-c4ccccc4)c3)cc21. The van der Waals surface area contributed by atoms with Crippen LogP contribution in [0.3, 0.4) is 0 Å². The standard InChI is InChI=1S/C44H36N2/c1-31-12-10-17-33-22-23-40(30-43(31)33)46(39-19-11-18-34(29-39)32-13-4-3-5-14-32)38-26-24-37(25-27-38)45(2)44-41-20-8-6-15-35(41)28-36-16-7-9-21-42(36)44/h3-11,13-31H,12H2,1-2H3. The number of hydrogen-bond acceptors (Lipinski definition) is 2. The monoisotopic (exact) mass is 592 g/mol. The molecule has 0 amide bonds. The van der Waals surface area contributed by atoms with E-state index in [-0.39, 0.29) is 0 Å². The Morgan fingerprint density at radius 2 is 1.13 bits per heavy atom. The number of nitrogens with zero attached hydrogens (tertiary/aromatic N) is 2. The van der Waals surface area contributed by atoms with Crippen LogP contribution in [0, 0.1) is 0 Å². The highest BCUT2D eigenvalue weighted by Gasteiger charge is 2.19. The molecule has 222 valence electrons. The number of fused-ring (bicyclic) bond motifs is 3. The van der Waals surface area contributed by atoms with E-state index in [9.17, 15) is 0 Å². The Labute approximate surface area is 271 Å². The van der Waals surface area contributed by atoms with Crippen molar-refractivity contribution in [3.63, 3.8) is 0 Å². The summed E-state index contributed by atoms with van der Waals surface area (Å²) >= 11 is 0. The Kier molecular flexibility index (Phi) is 7.11. The lowest BCUT2D eigenvalue weighted by Gasteiger charge is -2.29. The topological polar surface area (TPSA) is 6.48 Å². The first kappa shape index (κ1) is 27.9. The molecule has 0 saturated carbocycles. The van der Waals surface area contributed by atoms with Crippen molar-refractivity contribution in [1.82, 2.24) is 0 Å². The highest BCUT2D eigenvalue weighted by Crippen LogP contribution is 2.42. The van der Waals surface area contributed by atoms with Crippen molar-refractivity contribution >= 4 is 56.1 Å². The van der Waals surface area contributed by atoms with Gasteiger partial charge in [0.15, 0.2) is 0 Å². The van der Waals surface area contributed by atoms with Crippen molar-refractivity contribution in [2.45, 2.75) is 19.3 Å². The van der Waals surface area contributed by atoms with Gasteiger partial charge in [-0.3, -0.25) is 0 Å². The van der Waals surface area contributed by atoms with Gasteiger partial charge in [-0.25, -0.2) is 0 Å². The van der Waals surface area contributed by atoms with E-state index >= 15 is 0 Å². The third kappa shape index (κ3) is 5.02. The smallest absolute Gasteiger partial charge is 0.0567 e. The number of benzene rings is 7. The number of anilines is 5. The molecule has 1 aliphatic carbocycles. The van der Waals surface area contributed by atoms with Crippen molar-refractivity contribution in [2.75, 3.05) is 16.8 Å². The second-order valence-corrected chi connectivity index (χ2v) is 12.3. The van der Waals surface area contributed by atoms with Crippen LogP contribution in [0.25, 0.3) is 38.7 Å². The van der Waals surface area contributed by atoms with E-state index in [2.05, 4.69) is 188 Å². The second kappa shape index (κ2) is 11.7. The molecule has 1 atom stereocenters. The molecule has 0 fully saturated rings. The first-order valence-electron chi connectivity index (χ1n) is 16.1. The van der Waals surface area contributed by atoms with E-state index in [0.717, 1.165) is 23.5 Å². The predicted octanol–water partition coefficient (Wildman–Crippen LogP) is 12.4. The maximum atomic E-state index is 2.40. The number of rotatable bonds is 6. The molecule has 0 bridgehead atoms. The summed E-state index contributed by atoms with van der Waals surface area (Å²) in [6.45, 7) is 2.33. The zero-order valence-electron chi connectivity index (χ0n) is 26.3. The van der Waals surface area contributed by atoms with Crippen LogP contribution in [0.1, 0.15) is 30.4 Å². The molecule has 0 N–H and O–H groups in total. The van der Waals surface area contributed by atoms with Gasteiger partial charge in [-0.05, 0) is 100.0 Å². The Bertz CT molecular complexity index is 2160. The van der Waals surface area contributed by atoms with E-state index in [1.54, 1.807) is 0 Å². The predicted molar refractivity (Wildman–Crippen MR) is 198 cm³/mol. The van der Waals surface area contributed by atoms with Crippen LogP contribution in [0.4, 0.5) is 28.4 Å². The summed E-state index contributed by atoms with van der Waals surface area (Å²) in [4.78, 5) is 4.73. The summed E-state index contributed by atoms with van der Waals surface area (Å²) in [5, 5.41) is 5.01. The first-order valence-corrected chi connectivity index (χ1v) is 16.1. The Morgan fingerprint density at radius 1 is 0.522 bits per heavy atom. The van der Waals surface area contributed by atoms with E-state index in [4.69, 9.17) is 0 Å². The zero-order chi connectivity index (χ0) is 31.0. The molecule has 8 rings (SSSR count). The molecule has 1 unspecified atom stereocenters. The lowest BCUT2D eigenvalue weighted by atomic mass is 9.88. The van der Waals surface area contributed by atoms with E-state index in [1.165, 1.54) is 55.2 Å². The summed E-state index contributed by atoms with van der Waals surface area (Å²) in [7, 11) is 2.18.